The highest BCUT2D eigenvalue weighted by atomic mass is 16.5. The normalized spacial score (nSPS) is 9.70. The Morgan fingerprint density at radius 3 is 2.80 bits per heavy atom. The Balaban J connectivity index is 3.22. The summed E-state index contributed by atoms with van der Waals surface area (Å²) in [5.41, 5.74) is -0.0400. The Morgan fingerprint density at radius 2 is 2.30 bits per heavy atom. The maximum Gasteiger partial charge on any atom is 0.182 e. The fourth-order valence-electron chi connectivity index (χ4n) is 0.636. The molecule has 1 heterocycles. The molecular formula is C6H7NO3. The van der Waals surface area contributed by atoms with Crippen LogP contribution in [0.1, 0.15) is 5.69 Å². The molecule has 4 heteroatoms. The van der Waals surface area contributed by atoms with Crippen LogP contribution in [-0.4, -0.2) is 15.0 Å². The number of pyridine rings is 1. The molecule has 0 aliphatic heterocycles. The molecule has 0 aliphatic carbocycles. The third-order valence-corrected chi connectivity index (χ3v) is 1.15. The fourth-order valence-corrected chi connectivity index (χ4v) is 0.636. The molecule has 1 rings (SSSR count). The topological polar surface area (TPSA) is 62.5 Å². The van der Waals surface area contributed by atoms with Crippen LogP contribution in [0.4, 0.5) is 0 Å². The van der Waals surface area contributed by atoms with E-state index in [-0.39, 0.29) is 17.7 Å². The monoisotopic (exact) mass is 141 g/mol. The van der Waals surface area contributed by atoms with E-state index in [1.807, 2.05) is 0 Å². The number of aliphatic hydroxyl groups is 1. The minimum atomic E-state index is -0.341. The van der Waals surface area contributed by atoms with Crippen molar-refractivity contribution in [1.82, 2.24) is 4.73 Å². The van der Waals surface area contributed by atoms with E-state index < -0.39 is 0 Å². The van der Waals surface area contributed by atoms with Crippen molar-refractivity contribution in [3.05, 3.63) is 34.2 Å². The molecule has 0 fully saturated rings. The molecule has 0 bridgehead atoms. The summed E-state index contributed by atoms with van der Waals surface area (Å²) >= 11 is 0. The van der Waals surface area contributed by atoms with Gasteiger partial charge in [0.1, 0.15) is 0 Å². The minimum absolute atomic E-state index is 0.188. The predicted molar refractivity (Wildman–Crippen MR) is 33.8 cm³/mol. The van der Waals surface area contributed by atoms with E-state index in [2.05, 4.69) is 0 Å². The number of nitrogens with zero attached hydrogens (tertiary/aromatic N) is 1. The van der Waals surface area contributed by atoms with Gasteiger partial charge in [-0.15, -0.1) is 0 Å². The Bertz CT molecular complexity index is 279. The molecule has 0 unspecified atom stereocenters. The van der Waals surface area contributed by atoms with Crippen molar-refractivity contribution in [3.63, 3.8) is 0 Å². The highest BCUT2D eigenvalue weighted by Gasteiger charge is 1.95. The van der Waals surface area contributed by atoms with E-state index in [0.717, 1.165) is 0 Å². The summed E-state index contributed by atoms with van der Waals surface area (Å²) in [5.74, 6) is 0. The summed E-state index contributed by atoms with van der Waals surface area (Å²) in [4.78, 5) is 10.6. The summed E-state index contributed by atoms with van der Waals surface area (Å²) in [7, 11) is 0. The molecule has 1 aromatic rings. The van der Waals surface area contributed by atoms with Gasteiger partial charge in [0.25, 0.3) is 0 Å². The standard InChI is InChI=1S/C6H7NO3/c8-4-5-3-6(9)1-2-7(5)10/h1-3,8,10H,4H2. The molecule has 0 amide bonds. The van der Waals surface area contributed by atoms with Crippen LogP contribution in [0.2, 0.25) is 0 Å². The van der Waals surface area contributed by atoms with E-state index in [1.165, 1.54) is 18.3 Å². The maximum absolute atomic E-state index is 10.6. The highest BCUT2D eigenvalue weighted by Crippen LogP contribution is 1.90. The van der Waals surface area contributed by atoms with Crippen molar-refractivity contribution in [3.8, 4) is 0 Å². The lowest BCUT2D eigenvalue weighted by molar-refractivity contribution is 0.151. The minimum Gasteiger partial charge on any atom is -0.429 e. The zero-order valence-electron chi connectivity index (χ0n) is 5.19. The summed E-state index contributed by atoms with van der Waals surface area (Å²) in [6.07, 6.45) is 1.19. The van der Waals surface area contributed by atoms with Crippen molar-refractivity contribution in [2.45, 2.75) is 6.61 Å². The van der Waals surface area contributed by atoms with Crippen LogP contribution in [0.5, 0.6) is 0 Å². The molecule has 0 spiro atoms. The van der Waals surface area contributed by atoms with Crippen LogP contribution in [0.15, 0.2) is 23.1 Å². The van der Waals surface area contributed by atoms with E-state index in [0.29, 0.717) is 4.73 Å². The van der Waals surface area contributed by atoms with Gasteiger partial charge >= 0.3 is 0 Å². The van der Waals surface area contributed by atoms with Gasteiger partial charge in [-0.05, 0) is 0 Å². The molecule has 0 radical (unpaired) electrons. The molecule has 0 saturated carbocycles. The van der Waals surface area contributed by atoms with Crippen LogP contribution in [0, 0.1) is 0 Å². The first kappa shape index (κ1) is 6.82. The average molecular weight is 141 g/mol. The van der Waals surface area contributed by atoms with Crippen LogP contribution in [0.25, 0.3) is 0 Å². The Labute approximate surface area is 56.9 Å². The van der Waals surface area contributed by atoms with Gasteiger partial charge < -0.3 is 10.3 Å². The van der Waals surface area contributed by atoms with Crippen LogP contribution in [0.3, 0.4) is 0 Å². The van der Waals surface area contributed by atoms with Crippen molar-refractivity contribution >= 4 is 0 Å². The van der Waals surface area contributed by atoms with Gasteiger partial charge in [-0.2, -0.15) is 4.73 Å². The van der Waals surface area contributed by atoms with Crippen LogP contribution >= 0.6 is 0 Å². The number of aliphatic hydroxyl groups excluding tert-OH is 1. The van der Waals surface area contributed by atoms with Gasteiger partial charge in [0.15, 0.2) is 5.43 Å². The number of hydrogen-bond acceptors (Lipinski definition) is 3. The third kappa shape index (κ3) is 1.16. The van der Waals surface area contributed by atoms with Gasteiger partial charge in [-0.1, -0.05) is 0 Å². The van der Waals surface area contributed by atoms with E-state index in [9.17, 15) is 4.79 Å². The van der Waals surface area contributed by atoms with E-state index in [4.69, 9.17) is 10.3 Å². The first-order valence-corrected chi connectivity index (χ1v) is 2.76. The highest BCUT2D eigenvalue weighted by molar-refractivity contribution is 5.03. The molecule has 4 nitrogen and oxygen atoms in total. The van der Waals surface area contributed by atoms with E-state index >= 15 is 0 Å². The quantitative estimate of drug-likeness (QED) is 0.522. The van der Waals surface area contributed by atoms with Gasteiger partial charge in [-0.25, -0.2) is 0 Å². The zero-order chi connectivity index (χ0) is 7.56. The SMILES string of the molecule is O=c1ccn(O)c(CO)c1. The summed E-state index contributed by atoms with van der Waals surface area (Å²) in [6, 6.07) is 2.37. The summed E-state index contributed by atoms with van der Waals surface area (Å²) < 4.78 is 0.710. The number of rotatable bonds is 1. The molecule has 0 saturated heterocycles. The second kappa shape index (κ2) is 2.53. The van der Waals surface area contributed by atoms with Gasteiger partial charge in [0.05, 0.1) is 12.3 Å². The molecular weight excluding hydrogens is 134 g/mol. The Morgan fingerprint density at radius 1 is 1.60 bits per heavy atom. The second-order valence-electron chi connectivity index (χ2n) is 1.86. The third-order valence-electron chi connectivity index (χ3n) is 1.15. The summed E-state index contributed by atoms with van der Waals surface area (Å²) in [5, 5.41) is 17.4. The lowest BCUT2D eigenvalue weighted by Crippen LogP contribution is -2.08. The first-order chi connectivity index (χ1) is 4.74. The van der Waals surface area contributed by atoms with Crippen molar-refractivity contribution < 1.29 is 10.3 Å². The number of aromatic nitrogens is 1. The summed E-state index contributed by atoms with van der Waals surface area (Å²) in [6.45, 7) is -0.341. The smallest absolute Gasteiger partial charge is 0.182 e. The number of hydrogen-bond donors (Lipinski definition) is 2. The molecule has 54 valence electrons. The van der Waals surface area contributed by atoms with Crippen LogP contribution < -0.4 is 5.43 Å². The zero-order valence-corrected chi connectivity index (χ0v) is 5.19. The van der Waals surface area contributed by atoms with Gasteiger partial charge in [0, 0.05) is 18.3 Å². The Kier molecular flexibility index (Phi) is 1.73. The average Bonchev–Trinajstić information content (AvgIpc) is 1.94. The first-order valence-electron chi connectivity index (χ1n) is 2.76. The Hall–Kier alpha value is -1.29. The lowest BCUT2D eigenvalue weighted by atomic mass is 10.4. The maximum atomic E-state index is 10.6. The molecule has 1 aromatic heterocycles. The molecule has 2 N–H and O–H groups in total. The molecule has 0 atom stereocenters. The molecule has 10 heavy (non-hydrogen) atoms. The van der Waals surface area contributed by atoms with Gasteiger partial charge in [-0.3, -0.25) is 4.79 Å². The largest absolute Gasteiger partial charge is 0.429 e. The van der Waals surface area contributed by atoms with Crippen molar-refractivity contribution in [2.75, 3.05) is 0 Å². The van der Waals surface area contributed by atoms with Crippen molar-refractivity contribution in [2.24, 2.45) is 0 Å². The van der Waals surface area contributed by atoms with E-state index in [1.54, 1.807) is 0 Å². The predicted octanol–water partition coefficient (Wildman–Crippen LogP) is -0.422. The van der Waals surface area contributed by atoms with Gasteiger partial charge in [0.2, 0.25) is 0 Å². The second-order valence-corrected chi connectivity index (χ2v) is 1.86. The van der Waals surface area contributed by atoms with Crippen LogP contribution in [-0.2, 0) is 6.61 Å². The lowest BCUT2D eigenvalue weighted by Gasteiger charge is -2.00. The fraction of sp³-hybridized carbons (Fsp3) is 0.167. The molecule has 0 aliphatic rings. The molecule has 0 aromatic carbocycles. The van der Waals surface area contributed by atoms with Crippen molar-refractivity contribution in [1.29, 1.82) is 0 Å².